The quantitative estimate of drug-likeness (QED) is 0.183. The molecule has 0 saturated heterocycles. The third-order valence-electron chi connectivity index (χ3n) is 4.04. The Bertz CT molecular complexity index is 283. The maximum Gasteiger partial charge on any atom is 0.355 e. The van der Waals surface area contributed by atoms with Crippen LogP contribution in [-0.4, -0.2) is 17.1 Å². The van der Waals surface area contributed by atoms with Gasteiger partial charge in [0.25, 0.3) is 0 Å². The summed E-state index contributed by atoms with van der Waals surface area (Å²) in [7, 11) is 0. The molecule has 0 aliphatic carbocycles. The van der Waals surface area contributed by atoms with Gasteiger partial charge in [-0.1, -0.05) is 84.0 Å². The van der Waals surface area contributed by atoms with Gasteiger partial charge < -0.3 is 5.11 Å². The van der Waals surface area contributed by atoms with E-state index in [2.05, 4.69) is 6.92 Å². The van der Waals surface area contributed by atoms with Gasteiger partial charge >= 0.3 is 12.0 Å². The highest BCUT2D eigenvalue weighted by atomic mass is 35.8. The van der Waals surface area contributed by atoms with E-state index in [4.69, 9.17) is 38.3 Å². The SMILES string of the molecule is CCCCCCCCCCCCCC[C@@H](C(=O)O)[Si](Cl)(Cl)Cl. The fraction of sp³-hybridized carbons (Fsp3) is 0.938. The van der Waals surface area contributed by atoms with E-state index in [1.807, 2.05) is 0 Å². The number of unbranched alkanes of at least 4 members (excludes halogenated alkanes) is 11. The molecule has 1 atom stereocenters. The summed E-state index contributed by atoms with van der Waals surface area (Å²) >= 11 is 17.5. The van der Waals surface area contributed by atoms with Crippen LogP contribution >= 0.6 is 33.2 Å². The topological polar surface area (TPSA) is 37.3 Å². The highest BCUT2D eigenvalue weighted by Crippen LogP contribution is 2.37. The molecule has 0 rings (SSSR count). The number of halogens is 3. The Kier molecular flexibility index (Phi) is 14.3. The number of rotatable bonds is 15. The van der Waals surface area contributed by atoms with E-state index in [1.54, 1.807) is 0 Å². The summed E-state index contributed by atoms with van der Waals surface area (Å²) < 4.78 is 0. The summed E-state index contributed by atoms with van der Waals surface area (Å²) in [6.07, 6.45) is 15.5. The van der Waals surface area contributed by atoms with E-state index in [1.165, 1.54) is 57.8 Å². The van der Waals surface area contributed by atoms with Crippen molar-refractivity contribution in [3.63, 3.8) is 0 Å². The van der Waals surface area contributed by atoms with Crippen molar-refractivity contribution in [1.29, 1.82) is 0 Å². The zero-order valence-electron chi connectivity index (χ0n) is 13.8. The standard InChI is InChI=1S/C16H31Cl3O2Si/c1-2-3-4-5-6-7-8-9-10-11-12-13-14-15(16(20)21)22(17,18)19/h15H,2-14H2,1H3,(H,20,21)/t15-/m0/s1. The van der Waals surface area contributed by atoms with Gasteiger partial charge in [0, 0.05) is 0 Å². The van der Waals surface area contributed by atoms with Crippen LogP contribution in [0.15, 0.2) is 0 Å². The van der Waals surface area contributed by atoms with Gasteiger partial charge in [-0.25, -0.2) is 0 Å². The molecule has 0 saturated carbocycles. The van der Waals surface area contributed by atoms with Crippen molar-refractivity contribution in [3.05, 3.63) is 0 Å². The molecule has 0 amide bonds. The molecule has 0 radical (unpaired) electrons. The fourth-order valence-electron chi connectivity index (χ4n) is 2.62. The fourth-order valence-corrected chi connectivity index (χ4v) is 5.25. The Hall–Kier alpha value is 0.557. The predicted octanol–water partition coefficient (Wildman–Crippen LogP) is 7.19. The molecule has 0 spiro atoms. The van der Waals surface area contributed by atoms with Crippen molar-refractivity contribution in [2.45, 2.75) is 95.9 Å². The minimum Gasteiger partial charge on any atom is -0.481 e. The number of aliphatic carboxylic acids is 1. The lowest BCUT2D eigenvalue weighted by Gasteiger charge is -2.17. The summed E-state index contributed by atoms with van der Waals surface area (Å²) in [5.74, 6) is -0.963. The third kappa shape index (κ3) is 13.0. The summed E-state index contributed by atoms with van der Waals surface area (Å²) in [5.41, 5.74) is -0.763. The largest absolute Gasteiger partial charge is 0.481 e. The lowest BCUT2D eigenvalue weighted by molar-refractivity contribution is -0.137. The Morgan fingerprint density at radius 1 is 0.818 bits per heavy atom. The normalized spacial score (nSPS) is 13.3. The monoisotopic (exact) mass is 388 g/mol. The average Bonchev–Trinajstić information content (AvgIpc) is 2.42. The van der Waals surface area contributed by atoms with Crippen molar-refractivity contribution in [2.75, 3.05) is 0 Å². The number of hydrogen-bond donors (Lipinski definition) is 1. The number of carboxylic acid groups (broad SMARTS) is 1. The first kappa shape index (κ1) is 22.6. The Morgan fingerprint density at radius 3 is 1.50 bits per heavy atom. The van der Waals surface area contributed by atoms with Gasteiger partial charge in [-0.05, 0) is 6.42 Å². The summed E-state index contributed by atoms with van der Waals surface area (Å²) in [6.45, 7) is 2.24. The predicted molar refractivity (Wildman–Crippen MR) is 100 cm³/mol. The lowest BCUT2D eigenvalue weighted by atomic mass is 10.0. The highest BCUT2D eigenvalue weighted by Gasteiger charge is 2.41. The molecule has 2 nitrogen and oxygen atoms in total. The lowest BCUT2D eigenvalue weighted by Crippen LogP contribution is -2.27. The Morgan fingerprint density at radius 2 is 1.18 bits per heavy atom. The Balaban J connectivity index is 3.41. The second kappa shape index (κ2) is 13.9. The molecule has 132 valence electrons. The van der Waals surface area contributed by atoms with Crippen LogP contribution in [0.3, 0.4) is 0 Å². The van der Waals surface area contributed by atoms with Gasteiger partial charge in [0.1, 0.15) is 0 Å². The van der Waals surface area contributed by atoms with Crippen molar-refractivity contribution in [3.8, 4) is 0 Å². The maximum atomic E-state index is 11.1. The van der Waals surface area contributed by atoms with Crippen LogP contribution in [0.2, 0.25) is 5.54 Å². The van der Waals surface area contributed by atoms with Crippen LogP contribution in [-0.2, 0) is 4.79 Å². The first-order valence-corrected chi connectivity index (χ1v) is 13.8. The van der Waals surface area contributed by atoms with E-state index >= 15 is 0 Å². The van der Waals surface area contributed by atoms with Gasteiger partial charge in [-0.2, -0.15) is 0 Å². The zero-order chi connectivity index (χ0) is 16.8. The summed E-state index contributed by atoms with van der Waals surface area (Å²) in [5, 5.41) is 9.07. The van der Waals surface area contributed by atoms with E-state index in [9.17, 15) is 4.79 Å². The van der Waals surface area contributed by atoms with Crippen molar-refractivity contribution < 1.29 is 9.90 Å². The molecule has 1 N–H and O–H groups in total. The van der Waals surface area contributed by atoms with Crippen LogP contribution in [0.5, 0.6) is 0 Å². The van der Waals surface area contributed by atoms with Crippen molar-refractivity contribution in [2.24, 2.45) is 0 Å². The van der Waals surface area contributed by atoms with Gasteiger partial charge in [0.15, 0.2) is 0 Å². The highest BCUT2D eigenvalue weighted by molar-refractivity contribution is 7.65. The minimum atomic E-state index is -3.13. The molecule has 6 heteroatoms. The van der Waals surface area contributed by atoms with E-state index in [0.717, 1.165) is 19.3 Å². The van der Waals surface area contributed by atoms with Crippen LogP contribution in [0.25, 0.3) is 0 Å². The molecule has 22 heavy (non-hydrogen) atoms. The number of hydrogen-bond acceptors (Lipinski definition) is 1. The third-order valence-corrected chi connectivity index (χ3v) is 7.74. The smallest absolute Gasteiger partial charge is 0.355 e. The molecule has 0 heterocycles. The molecule has 0 unspecified atom stereocenters. The number of carbonyl (C=O) groups is 1. The van der Waals surface area contributed by atoms with Gasteiger partial charge in [0.2, 0.25) is 0 Å². The Labute approximate surface area is 151 Å². The molecule has 0 aliphatic heterocycles. The maximum absolute atomic E-state index is 11.1. The van der Waals surface area contributed by atoms with Gasteiger partial charge in [-0.3, -0.25) is 4.79 Å². The van der Waals surface area contributed by atoms with E-state index in [-0.39, 0.29) is 0 Å². The molecule has 0 aromatic heterocycles. The van der Waals surface area contributed by atoms with Gasteiger partial charge in [0.05, 0.1) is 5.54 Å². The average molecular weight is 390 g/mol. The summed E-state index contributed by atoms with van der Waals surface area (Å²) in [6, 6.07) is -3.13. The second-order valence-corrected chi connectivity index (χ2v) is 15.0. The minimum absolute atomic E-state index is 0.496. The number of carboxylic acids is 1. The summed E-state index contributed by atoms with van der Waals surface area (Å²) in [4.78, 5) is 11.1. The van der Waals surface area contributed by atoms with Crippen LogP contribution in [0.1, 0.15) is 90.4 Å². The van der Waals surface area contributed by atoms with E-state index < -0.39 is 17.5 Å². The van der Waals surface area contributed by atoms with Crippen molar-refractivity contribution in [1.82, 2.24) is 0 Å². The molecular formula is C16H31Cl3O2Si. The van der Waals surface area contributed by atoms with Crippen LogP contribution in [0, 0.1) is 0 Å². The molecule has 0 aromatic carbocycles. The molecular weight excluding hydrogens is 359 g/mol. The van der Waals surface area contributed by atoms with E-state index in [0.29, 0.717) is 6.42 Å². The first-order valence-electron chi connectivity index (χ1n) is 8.69. The molecule has 0 bridgehead atoms. The van der Waals surface area contributed by atoms with Crippen LogP contribution in [0.4, 0.5) is 0 Å². The van der Waals surface area contributed by atoms with Crippen LogP contribution < -0.4 is 0 Å². The van der Waals surface area contributed by atoms with Gasteiger partial charge in [-0.15, -0.1) is 33.2 Å². The zero-order valence-corrected chi connectivity index (χ0v) is 17.0. The second-order valence-electron chi connectivity index (χ2n) is 6.11. The molecule has 0 aliphatic rings. The van der Waals surface area contributed by atoms with Crippen molar-refractivity contribution >= 4 is 45.2 Å². The molecule has 0 fully saturated rings. The first-order chi connectivity index (χ1) is 10.4. The molecule has 0 aromatic rings.